The van der Waals surface area contributed by atoms with Gasteiger partial charge in [0.15, 0.2) is 0 Å². The summed E-state index contributed by atoms with van der Waals surface area (Å²) in [5.74, 6) is 0.963. The van der Waals surface area contributed by atoms with E-state index in [1.54, 1.807) is 0 Å². The maximum atomic E-state index is 3.72. The molecule has 1 nitrogen and oxygen atoms in total. The first-order valence-electron chi connectivity index (χ1n) is 5.06. The van der Waals surface area contributed by atoms with Crippen LogP contribution in [0.3, 0.4) is 0 Å². The van der Waals surface area contributed by atoms with Gasteiger partial charge in [-0.25, -0.2) is 0 Å². The number of hydrogen-bond donors (Lipinski definition) is 1. The van der Waals surface area contributed by atoms with Crippen molar-refractivity contribution in [2.75, 3.05) is 6.54 Å². The lowest BCUT2D eigenvalue weighted by Gasteiger charge is -2.43. The fourth-order valence-electron chi connectivity index (χ4n) is 2.63. The molecule has 0 aromatic heterocycles. The molecule has 2 aliphatic rings. The van der Waals surface area contributed by atoms with E-state index in [0.717, 1.165) is 5.92 Å². The van der Waals surface area contributed by atoms with Crippen molar-refractivity contribution in [2.24, 2.45) is 5.92 Å². The predicted octanol–water partition coefficient (Wildman–Crippen LogP) is 2.32. The van der Waals surface area contributed by atoms with Crippen molar-refractivity contribution in [2.45, 2.75) is 51.0 Å². The molecule has 64 valence electrons. The molecule has 2 fully saturated rings. The highest BCUT2D eigenvalue weighted by atomic mass is 15.0. The van der Waals surface area contributed by atoms with Crippen LogP contribution in [0.4, 0.5) is 0 Å². The van der Waals surface area contributed by atoms with E-state index < -0.39 is 0 Å². The van der Waals surface area contributed by atoms with Gasteiger partial charge in [0.2, 0.25) is 0 Å². The van der Waals surface area contributed by atoms with Gasteiger partial charge in [0.1, 0.15) is 0 Å². The van der Waals surface area contributed by atoms with Crippen LogP contribution in [0, 0.1) is 5.92 Å². The van der Waals surface area contributed by atoms with Gasteiger partial charge in [0.05, 0.1) is 0 Å². The van der Waals surface area contributed by atoms with Crippen LogP contribution < -0.4 is 5.32 Å². The maximum absolute atomic E-state index is 3.72. The molecule has 2 rings (SSSR count). The lowest BCUT2D eigenvalue weighted by atomic mass is 9.72. The zero-order valence-corrected chi connectivity index (χ0v) is 7.53. The minimum atomic E-state index is 0.607. The fourth-order valence-corrected chi connectivity index (χ4v) is 2.63. The molecule has 1 aliphatic carbocycles. The second-order valence-corrected chi connectivity index (χ2v) is 4.51. The third-order valence-corrected chi connectivity index (χ3v) is 3.42. The highest BCUT2D eigenvalue weighted by Crippen LogP contribution is 2.39. The first-order valence-corrected chi connectivity index (χ1v) is 5.06. The van der Waals surface area contributed by atoms with Crippen LogP contribution >= 0.6 is 0 Å². The molecule has 0 radical (unpaired) electrons. The van der Waals surface area contributed by atoms with E-state index in [9.17, 15) is 0 Å². The zero-order valence-electron chi connectivity index (χ0n) is 7.53. The molecule has 0 amide bonds. The summed E-state index contributed by atoms with van der Waals surface area (Å²) in [6.07, 6.45) is 8.61. The van der Waals surface area contributed by atoms with Crippen molar-refractivity contribution in [3.63, 3.8) is 0 Å². The van der Waals surface area contributed by atoms with E-state index in [-0.39, 0.29) is 0 Å². The third kappa shape index (κ3) is 1.44. The van der Waals surface area contributed by atoms with Crippen LogP contribution in [0.1, 0.15) is 45.4 Å². The van der Waals surface area contributed by atoms with Gasteiger partial charge in [-0.1, -0.05) is 6.92 Å². The Morgan fingerprint density at radius 3 is 2.73 bits per heavy atom. The van der Waals surface area contributed by atoms with Gasteiger partial charge in [0.25, 0.3) is 0 Å². The van der Waals surface area contributed by atoms with E-state index >= 15 is 0 Å². The van der Waals surface area contributed by atoms with Crippen LogP contribution in [-0.4, -0.2) is 12.1 Å². The molecule has 1 spiro atoms. The second-order valence-electron chi connectivity index (χ2n) is 4.51. The van der Waals surface area contributed by atoms with E-state index in [0.29, 0.717) is 5.54 Å². The third-order valence-electron chi connectivity index (χ3n) is 3.42. The van der Waals surface area contributed by atoms with E-state index in [1.165, 1.54) is 45.1 Å². The van der Waals surface area contributed by atoms with Crippen molar-refractivity contribution < 1.29 is 0 Å². The van der Waals surface area contributed by atoms with Crippen molar-refractivity contribution in [1.29, 1.82) is 0 Å². The van der Waals surface area contributed by atoms with Gasteiger partial charge in [0, 0.05) is 5.54 Å². The monoisotopic (exact) mass is 153 g/mol. The normalized spacial score (nSPS) is 36.3. The first-order chi connectivity index (χ1) is 5.31. The van der Waals surface area contributed by atoms with Crippen molar-refractivity contribution in [3.05, 3.63) is 0 Å². The summed E-state index contributed by atoms with van der Waals surface area (Å²) in [6.45, 7) is 3.68. The van der Waals surface area contributed by atoms with Crippen LogP contribution in [-0.2, 0) is 0 Å². The molecule has 11 heavy (non-hydrogen) atoms. The molecule has 1 heterocycles. The van der Waals surface area contributed by atoms with Gasteiger partial charge in [-0.05, 0) is 51.0 Å². The summed E-state index contributed by atoms with van der Waals surface area (Å²) in [4.78, 5) is 0. The summed E-state index contributed by atoms with van der Waals surface area (Å²) < 4.78 is 0. The summed E-state index contributed by atoms with van der Waals surface area (Å²) in [7, 11) is 0. The maximum Gasteiger partial charge on any atom is 0.0184 e. The quantitative estimate of drug-likeness (QED) is 0.563. The molecule has 1 N–H and O–H groups in total. The molecular formula is C10H19N. The Morgan fingerprint density at radius 2 is 2.09 bits per heavy atom. The van der Waals surface area contributed by atoms with E-state index in [2.05, 4.69) is 12.2 Å². The van der Waals surface area contributed by atoms with Crippen molar-refractivity contribution >= 4 is 0 Å². The van der Waals surface area contributed by atoms with Gasteiger partial charge in [-0.2, -0.15) is 0 Å². The molecule has 0 bridgehead atoms. The average Bonchev–Trinajstić information content (AvgIpc) is 2.09. The Morgan fingerprint density at radius 1 is 1.27 bits per heavy atom. The Labute approximate surface area is 69.6 Å². The predicted molar refractivity (Wildman–Crippen MR) is 47.6 cm³/mol. The van der Waals surface area contributed by atoms with Crippen LogP contribution in [0.5, 0.6) is 0 Å². The highest BCUT2D eigenvalue weighted by molar-refractivity contribution is 4.97. The van der Waals surface area contributed by atoms with Crippen LogP contribution in [0.25, 0.3) is 0 Å². The molecule has 0 aromatic rings. The molecule has 1 saturated heterocycles. The number of hydrogen-bond acceptors (Lipinski definition) is 1. The molecule has 1 saturated carbocycles. The highest BCUT2D eigenvalue weighted by Gasteiger charge is 2.38. The minimum absolute atomic E-state index is 0.607. The summed E-state index contributed by atoms with van der Waals surface area (Å²) in [6, 6.07) is 0. The number of rotatable bonds is 0. The number of nitrogens with one attached hydrogen (secondary N) is 1. The molecule has 0 aromatic carbocycles. The second kappa shape index (κ2) is 2.78. The fraction of sp³-hybridized carbons (Fsp3) is 1.00. The average molecular weight is 153 g/mol. The Hall–Kier alpha value is -0.0400. The summed E-state index contributed by atoms with van der Waals surface area (Å²) in [5.41, 5.74) is 0.607. The van der Waals surface area contributed by atoms with Gasteiger partial charge >= 0.3 is 0 Å². The SMILES string of the molecule is CC1CCCNC2(CCC2)C1. The summed E-state index contributed by atoms with van der Waals surface area (Å²) >= 11 is 0. The van der Waals surface area contributed by atoms with Crippen LogP contribution in [0.2, 0.25) is 0 Å². The van der Waals surface area contributed by atoms with Gasteiger partial charge in [-0.15, -0.1) is 0 Å². The molecule has 1 unspecified atom stereocenters. The minimum Gasteiger partial charge on any atom is -0.311 e. The van der Waals surface area contributed by atoms with Crippen LogP contribution in [0.15, 0.2) is 0 Å². The Kier molecular flexibility index (Phi) is 1.92. The van der Waals surface area contributed by atoms with E-state index in [4.69, 9.17) is 0 Å². The van der Waals surface area contributed by atoms with Gasteiger partial charge in [-0.3, -0.25) is 0 Å². The largest absolute Gasteiger partial charge is 0.311 e. The molecular weight excluding hydrogens is 134 g/mol. The smallest absolute Gasteiger partial charge is 0.0184 e. The molecule has 1 atom stereocenters. The molecule has 1 aliphatic heterocycles. The summed E-state index contributed by atoms with van der Waals surface area (Å²) in [5, 5.41) is 3.72. The van der Waals surface area contributed by atoms with E-state index in [1.807, 2.05) is 0 Å². The Balaban J connectivity index is 1.97. The molecule has 1 heteroatoms. The lowest BCUT2D eigenvalue weighted by molar-refractivity contribution is 0.162. The first kappa shape index (κ1) is 7.60. The van der Waals surface area contributed by atoms with Gasteiger partial charge < -0.3 is 5.32 Å². The van der Waals surface area contributed by atoms with Crippen molar-refractivity contribution in [1.82, 2.24) is 5.32 Å². The standard InChI is InChI=1S/C10H19N/c1-9-4-2-7-11-10(8-9)5-3-6-10/h9,11H,2-8H2,1H3. The lowest BCUT2D eigenvalue weighted by Crippen LogP contribution is -2.50. The zero-order chi connectivity index (χ0) is 7.73. The topological polar surface area (TPSA) is 12.0 Å². The Bertz CT molecular complexity index is 138. The van der Waals surface area contributed by atoms with Crippen molar-refractivity contribution in [3.8, 4) is 0 Å².